The fourth-order valence-corrected chi connectivity index (χ4v) is 3.17. The Hall–Kier alpha value is -2.93. The van der Waals surface area contributed by atoms with Crippen molar-refractivity contribution in [3.8, 4) is 33.3 Å². The van der Waals surface area contributed by atoms with E-state index in [1.165, 1.54) is 23.5 Å². The molecule has 0 saturated heterocycles. The van der Waals surface area contributed by atoms with Crippen LogP contribution in [0.4, 0.5) is 5.69 Å². The predicted molar refractivity (Wildman–Crippen MR) is 85.8 cm³/mol. The Labute approximate surface area is 135 Å². The highest BCUT2D eigenvalue weighted by atomic mass is 32.1. The summed E-state index contributed by atoms with van der Waals surface area (Å²) in [5.74, 6) is 1.43. The molecule has 3 aromatic rings. The molecule has 2 heterocycles. The monoisotopic (exact) mass is 326 g/mol. The summed E-state index contributed by atoms with van der Waals surface area (Å²) in [6.07, 6.45) is 0. The molecule has 0 N–H and O–H groups in total. The molecule has 0 saturated carbocycles. The van der Waals surface area contributed by atoms with Gasteiger partial charge in [-0.2, -0.15) is 0 Å². The summed E-state index contributed by atoms with van der Waals surface area (Å²) < 4.78 is 10.7. The molecule has 114 valence electrons. The van der Waals surface area contributed by atoms with Gasteiger partial charge in [-0.25, -0.2) is 4.98 Å². The van der Waals surface area contributed by atoms with Crippen LogP contribution in [0.15, 0.2) is 47.8 Å². The fourth-order valence-electron chi connectivity index (χ4n) is 2.35. The molecule has 4 rings (SSSR count). The Bertz CT molecular complexity index is 907. The molecule has 1 aromatic heterocycles. The summed E-state index contributed by atoms with van der Waals surface area (Å²) in [6, 6.07) is 12.1. The molecule has 0 amide bonds. The first-order valence-corrected chi connectivity index (χ1v) is 7.69. The van der Waals surface area contributed by atoms with Crippen molar-refractivity contribution in [1.82, 2.24) is 4.98 Å². The third-order valence-electron chi connectivity index (χ3n) is 3.48. The second kappa shape index (κ2) is 5.36. The van der Waals surface area contributed by atoms with Gasteiger partial charge in [0.1, 0.15) is 5.01 Å². The van der Waals surface area contributed by atoms with Crippen molar-refractivity contribution in [2.24, 2.45) is 0 Å². The molecular weight excluding hydrogens is 316 g/mol. The molecule has 0 bridgehead atoms. The molecule has 0 aliphatic carbocycles. The van der Waals surface area contributed by atoms with Crippen LogP contribution in [0.3, 0.4) is 0 Å². The number of nitro benzene ring substituents is 1. The lowest BCUT2D eigenvalue weighted by molar-refractivity contribution is -0.384. The van der Waals surface area contributed by atoms with Crippen LogP contribution in [0.5, 0.6) is 11.5 Å². The van der Waals surface area contributed by atoms with E-state index in [1.54, 1.807) is 6.07 Å². The third kappa shape index (κ3) is 2.51. The van der Waals surface area contributed by atoms with Crippen LogP contribution in [0, 0.1) is 10.1 Å². The van der Waals surface area contributed by atoms with Crippen LogP contribution in [0.1, 0.15) is 0 Å². The molecular formula is C16H10N2O4S. The van der Waals surface area contributed by atoms with Gasteiger partial charge in [-0.1, -0.05) is 12.1 Å². The number of hydrogen-bond donors (Lipinski definition) is 0. The molecule has 7 heteroatoms. The van der Waals surface area contributed by atoms with Crippen LogP contribution < -0.4 is 9.47 Å². The summed E-state index contributed by atoms with van der Waals surface area (Å²) >= 11 is 1.45. The van der Waals surface area contributed by atoms with E-state index in [4.69, 9.17) is 9.47 Å². The largest absolute Gasteiger partial charge is 0.454 e. The smallest absolute Gasteiger partial charge is 0.270 e. The lowest BCUT2D eigenvalue weighted by Gasteiger charge is -2.00. The van der Waals surface area contributed by atoms with Crippen LogP contribution in [0.2, 0.25) is 0 Å². The number of nitro groups is 1. The molecule has 0 fully saturated rings. The maximum absolute atomic E-state index is 10.9. The molecule has 1 aliphatic heterocycles. The number of rotatable bonds is 3. The second-order valence-corrected chi connectivity index (χ2v) is 5.77. The average Bonchev–Trinajstić information content (AvgIpc) is 3.23. The van der Waals surface area contributed by atoms with E-state index < -0.39 is 4.92 Å². The van der Waals surface area contributed by atoms with E-state index in [1.807, 2.05) is 29.6 Å². The Morgan fingerprint density at radius 2 is 1.96 bits per heavy atom. The molecule has 0 atom stereocenters. The molecule has 1 aliphatic rings. The van der Waals surface area contributed by atoms with Crippen LogP contribution >= 0.6 is 11.3 Å². The summed E-state index contributed by atoms with van der Waals surface area (Å²) in [5.41, 5.74) is 2.51. The van der Waals surface area contributed by atoms with Crippen molar-refractivity contribution >= 4 is 17.0 Å². The lowest BCUT2D eigenvalue weighted by Crippen LogP contribution is -1.92. The molecule has 0 unspecified atom stereocenters. The van der Waals surface area contributed by atoms with E-state index in [2.05, 4.69) is 4.98 Å². The van der Waals surface area contributed by atoms with Gasteiger partial charge in [0, 0.05) is 28.6 Å². The maximum Gasteiger partial charge on any atom is 0.270 e. The number of aromatic nitrogens is 1. The standard InChI is InChI=1S/C16H10N2O4S/c19-18(20)12-3-1-2-11(6-12)16-17-13(8-23-16)10-4-5-14-15(7-10)22-9-21-14/h1-8H,9H2. The molecule has 23 heavy (non-hydrogen) atoms. The van der Waals surface area contributed by atoms with E-state index in [-0.39, 0.29) is 12.5 Å². The van der Waals surface area contributed by atoms with Crippen molar-refractivity contribution in [2.75, 3.05) is 6.79 Å². The summed E-state index contributed by atoms with van der Waals surface area (Å²) in [6.45, 7) is 0.231. The van der Waals surface area contributed by atoms with Gasteiger partial charge in [0.2, 0.25) is 6.79 Å². The summed E-state index contributed by atoms with van der Waals surface area (Å²) in [4.78, 5) is 15.1. The normalized spacial score (nSPS) is 12.3. The van der Waals surface area contributed by atoms with Crippen molar-refractivity contribution in [3.05, 3.63) is 58.0 Å². The van der Waals surface area contributed by atoms with Crippen molar-refractivity contribution < 1.29 is 14.4 Å². The minimum atomic E-state index is -0.407. The van der Waals surface area contributed by atoms with Crippen molar-refractivity contribution in [1.29, 1.82) is 0 Å². The summed E-state index contributed by atoms with van der Waals surface area (Å²) in [7, 11) is 0. The van der Waals surface area contributed by atoms with E-state index in [0.717, 1.165) is 27.6 Å². The van der Waals surface area contributed by atoms with Gasteiger partial charge in [0.25, 0.3) is 5.69 Å². The SMILES string of the molecule is O=[N+]([O-])c1cccc(-c2nc(-c3ccc4c(c3)OCO4)cs2)c1. The van der Waals surface area contributed by atoms with Gasteiger partial charge in [-0.15, -0.1) is 11.3 Å². The van der Waals surface area contributed by atoms with Gasteiger partial charge >= 0.3 is 0 Å². The van der Waals surface area contributed by atoms with Crippen LogP contribution in [-0.4, -0.2) is 16.7 Å². The number of nitrogens with zero attached hydrogens (tertiary/aromatic N) is 2. The van der Waals surface area contributed by atoms with Gasteiger partial charge in [-0.3, -0.25) is 10.1 Å². The Morgan fingerprint density at radius 1 is 1.09 bits per heavy atom. The van der Waals surface area contributed by atoms with Crippen LogP contribution in [0.25, 0.3) is 21.8 Å². The minimum Gasteiger partial charge on any atom is -0.454 e. The number of benzene rings is 2. The third-order valence-corrected chi connectivity index (χ3v) is 4.37. The Morgan fingerprint density at radius 3 is 2.83 bits per heavy atom. The highest BCUT2D eigenvalue weighted by Gasteiger charge is 2.16. The quantitative estimate of drug-likeness (QED) is 0.535. The first-order valence-electron chi connectivity index (χ1n) is 6.81. The number of non-ortho nitro benzene ring substituents is 1. The minimum absolute atomic E-state index is 0.0577. The average molecular weight is 326 g/mol. The topological polar surface area (TPSA) is 74.5 Å². The van der Waals surface area contributed by atoms with E-state index in [9.17, 15) is 10.1 Å². The zero-order valence-electron chi connectivity index (χ0n) is 11.8. The fraction of sp³-hybridized carbons (Fsp3) is 0.0625. The highest BCUT2D eigenvalue weighted by Crippen LogP contribution is 2.37. The van der Waals surface area contributed by atoms with Crippen LogP contribution in [-0.2, 0) is 0 Å². The Kier molecular flexibility index (Phi) is 3.20. The zero-order chi connectivity index (χ0) is 15.8. The first kappa shape index (κ1) is 13.7. The lowest BCUT2D eigenvalue weighted by atomic mass is 10.1. The second-order valence-electron chi connectivity index (χ2n) is 4.91. The van der Waals surface area contributed by atoms with E-state index >= 15 is 0 Å². The first-order chi connectivity index (χ1) is 11.2. The van der Waals surface area contributed by atoms with E-state index in [0.29, 0.717) is 5.75 Å². The maximum atomic E-state index is 10.9. The summed E-state index contributed by atoms with van der Waals surface area (Å²) in [5, 5.41) is 13.5. The predicted octanol–water partition coefficient (Wildman–Crippen LogP) is 4.11. The number of hydrogen-bond acceptors (Lipinski definition) is 6. The zero-order valence-corrected chi connectivity index (χ0v) is 12.6. The van der Waals surface area contributed by atoms with Gasteiger partial charge in [-0.05, 0) is 18.2 Å². The molecule has 2 aromatic carbocycles. The number of fused-ring (bicyclic) bond motifs is 1. The highest BCUT2D eigenvalue weighted by molar-refractivity contribution is 7.13. The van der Waals surface area contributed by atoms with Gasteiger partial charge < -0.3 is 9.47 Å². The van der Waals surface area contributed by atoms with Gasteiger partial charge in [0.05, 0.1) is 10.6 Å². The molecule has 0 spiro atoms. The molecule has 0 radical (unpaired) electrons. The Balaban J connectivity index is 1.69. The van der Waals surface area contributed by atoms with Crippen molar-refractivity contribution in [2.45, 2.75) is 0 Å². The number of thiazole rings is 1. The number of ether oxygens (including phenoxy) is 2. The molecule has 6 nitrogen and oxygen atoms in total. The van der Waals surface area contributed by atoms with Gasteiger partial charge in [0.15, 0.2) is 11.5 Å². The van der Waals surface area contributed by atoms with Crippen molar-refractivity contribution in [3.63, 3.8) is 0 Å².